The summed E-state index contributed by atoms with van der Waals surface area (Å²) in [5.41, 5.74) is 53.9. The molecule has 0 aromatic heterocycles. The number of hydrogen-bond donors (Lipinski definition) is 14. The number of ketones is 4. The quantitative estimate of drug-likeness (QED) is 0.0108. The number of amides is 11. The van der Waals surface area contributed by atoms with E-state index in [0.29, 0.717) is 54.4 Å². The maximum atomic E-state index is 13.2. The fourth-order valence-electron chi connectivity index (χ4n) is 9.31. The molecule has 1 unspecified atom stereocenters. The van der Waals surface area contributed by atoms with Crippen LogP contribution < -0.4 is 81.2 Å². The molecule has 0 aliphatic heterocycles. The first kappa shape index (κ1) is 109. The Labute approximate surface area is 694 Å². The molecule has 8 atom stereocenters. The van der Waals surface area contributed by atoms with Gasteiger partial charge < -0.3 is 122 Å². The Hall–Kier alpha value is -13.1. The van der Waals surface area contributed by atoms with Crippen LogP contribution in [0.5, 0.6) is 0 Å². The molecule has 44 nitrogen and oxygen atoms in total. The zero-order chi connectivity index (χ0) is 91.6. The molecular formula is C76H116N21O23+. The number of nitrogens with one attached hydrogen (secondary N) is 9. The van der Waals surface area contributed by atoms with Crippen molar-refractivity contribution in [2.24, 2.45) is 40.5 Å². The number of carbonyl (C=O) groups excluding carboxylic acids is 17. The fraction of sp³-hybridized carbons (Fsp3) is 0.553. The Kier molecular flexibility index (Phi) is 56.5. The lowest BCUT2D eigenvalue weighted by atomic mass is 10.0. The van der Waals surface area contributed by atoms with Crippen LogP contribution in [0, 0.1) is 11.8 Å². The molecule has 44 heteroatoms. The second-order valence-corrected chi connectivity index (χ2v) is 27.6. The van der Waals surface area contributed by atoms with E-state index in [2.05, 4.69) is 78.3 Å². The highest BCUT2D eigenvalue weighted by atomic mass is 16.6. The van der Waals surface area contributed by atoms with Gasteiger partial charge in [-0.15, -0.1) is 4.67 Å². The van der Waals surface area contributed by atoms with Gasteiger partial charge in [-0.3, -0.25) is 52.7 Å². The smallest absolute Gasteiger partial charge is 0.408 e. The number of urea groups is 2. The summed E-state index contributed by atoms with van der Waals surface area (Å²) < 4.78 is 33.5. The average Bonchev–Trinajstić information content (AvgIpc) is 0.857. The minimum Gasteiger partial charge on any atom is -0.465 e. The molecule has 0 spiro atoms. The minimum absolute atomic E-state index is 0.0540. The van der Waals surface area contributed by atoms with Crippen LogP contribution in [0.15, 0.2) is 48.5 Å². The van der Waals surface area contributed by atoms with Gasteiger partial charge in [0.25, 0.3) is 6.72 Å². The number of Topliss-reactive ketones (excluding diaryl/α,β-unsaturated/α-hetero) is 4. The zero-order valence-electron chi connectivity index (χ0n) is 69.6. The standard InChI is InChI=1S/C30H44N8O9.C28H42N8O8.C9H15N3O3.C9H15N2O3/c1-17(2)25(35-19(5)39)27(42)37-23(7-6-14-33-29(31)44)26(41)36-21-10-8-20(9-11-21)16-46-30(45)38-24(28(43)47-18(3)4)13-12-22(40)15-34-32;1-16(2)23(29)25(39)35-21(6-5-13-32-27(30)41)24(38)34-19-9-7-18(8-10-19)15-43-28(42)36-22(26(40)44-17(3)4)12-11-20(37)14-33-31;1-6(2)15-9(14)8(10)4-3-7(13)5-12-11;1-3-14-9(13)8(10)5-4-7(12)6-11-2/h8-11,15,17-18,23-25H,6-7,12-14,16H2,1-5H3,(H,35,39)(H,36,41)(H,37,42)(H,38,45)(H3,31,33,44);7-10,14,16-17,21-23H,5-6,11-13,15,29H2,1-4H3,(H,34,38)(H,35,39)(H,36,42)(H3,30,32,41);5-6,8H,3-4,10H2,1-2H3;6,8H,2-5,10H2,1H3/q;;;+1/t23-,24-,25-;21-,22-,23-;;8-/m00.0/s1. The SMILES string of the molecule is C=[N+]=CC(=O)CC[C@H](N)C(=O)OCC.CC(=O)N[C@H](C(=O)N[C@@H](CCCNC(N)=O)C(=O)Nc1ccc(COC(=O)N[C@@H](CCC(=O)C=[N+]=[N-])C(=O)OC(C)C)cc1)C(C)C.CC(C)OC(=O)C(N)CCC(=O)C=[N+]=[N-].CC(C)OC(=O)[C@H](CCC(=O)C=[N+]=[N-])NC(=O)OCc1ccc(NC(=O)[C@H](CCCNC(N)=O)NC(=O)[C@@H](N)C(C)C)cc1. The molecule has 2 aromatic rings. The fourth-order valence-corrected chi connectivity index (χ4v) is 9.31. The molecule has 11 amide bonds. The lowest BCUT2D eigenvalue weighted by molar-refractivity contribution is -0.151. The Morgan fingerprint density at radius 2 is 0.775 bits per heavy atom. The molecule has 0 aliphatic rings. The molecule has 0 saturated carbocycles. The van der Waals surface area contributed by atoms with Crippen LogP contribution in [0.2, 0.25) is 0 Å². The van der Waals surface area contributed by atoms with Gasteiger partial charge in [-0.2, -0.15) is 14.4 Å². The number of nitrogens with two attached hydrogens (primary N) is 5. The van der Waals surface area contributed by atoms with Crippen LogP contribution in [0.4, 0.5) is 30.6 Å². The monoisotopic (exact) mass is 1690 g/mol. The van der Waals surface area contributed by atoms with Crippen LogP contribution in [0.1, 0.15) is 171 Å². The summed E-state index contributed by atoms with van der Waals surface area (Å²) in [6.07, 6.45) is 1.35. The van der Waals surface area contributed by atoms with Gasteiger partial charge in [0.15, 0.2) is 0 Å². The van der Waals surface area contributed by atoms with Crippen LogP contribution in [-0.2, 0) is 104 Å². The van der Waals surface area contributed by atoms with Gasteiger partial charge in [0.1, 0.15) is 55.5 Å². The first-order chi connectivity index (χ1) is 56.4. The third-order valence-electron chi connectivity index (χ3n) is 15.4. The largest absolute Gasteiger partial charge is 0.465 e. The van der Waals surface area contributed by atoms with Gasteiger partial charge in [0, 0.05) is 57.1 Å². The van der Waals surface area contributed by atoms with Crippen LogP contribution in [0.25, 0.3) is 16.6 Å². The van der Waals surface area contributed by atoms with Gasteiger partial charge in [-0.1, -0.05) is 52.0 Å². The Balaban J connectivity index is 0. The molecule has 662 valence electrons. The van der Waals surface area contributed by atoms with E-state index >= 15 is 0 Å². The predicted octanol–water partition coefficient (Wildman–Crippen LogP) is 0.633. The molecule has 0 radical (unpaired) electrons. The topological polar surface area (TPSA) is 707 Å². The van der Waals surface area contributed by atoms with Crippen molar-refractivity contribution in [1.82, 2.24) is 41.9 Å². The Morgan fingerprint density at radius 1 is 0.425 bits per heavy atom. The van der Waals surface area contributed by atoms with Gasteiger partial charge >= 0.3 is 73.0 Å². The zero-order valence-corrected chi connectivity index (χ0v) is 69.6. The number of alkyl carbamates (subject to hydrolysis) is 2. The third kappa shape index (κ3) is 53.2. The van der Waals surface area contributed by atoms with Crippen molar-refractivity contribution in [2.45, 2.75) is 240 Å². The lowest BCUT2D eigenvalue weighted by Gasteiger charge is -2.25. The summed E-state index contributed by atoms with van der Waals surface area (Å²) in [7, 11) is 0. The van der Waals surface area contributed by atoms with E-state index in [-0.39, 0.29) is 120 Å². The number of benzene rings is 2. The van der Waals surface area contributed by atoms with Gasteiger partial charge in [-0.25, -0.2) is 28.8 Å². The van der Waals surface area contributed by atoms with Crippen molar-refractivity contribution in [1.29, 1.82) is 0 Å². The second kappa shape index (κ2) is 62.2. The van der Waals surface area contributed by atoms with E-state index in [4.69, 9.17) is 68.9 Å². The number of nitrogens with zero attached hydrogens (tertiary/aromatic N) is 7. The van der Waals surface area contributed by atoms with E-state index in [9.17, 15) is 81.5 Å². The average molecular weight is 1690 g/mol. The van der Waals surface area contributed by atoms with Crippen molar-refractivity contribution in [2.75, 3.05) is 30.3 Å². The summed E-state index contributed by atoms with van der Waals surface area (Å²) in [5.74, 6) is -7.11. The Morgan fingerprint density at radius 3 is 1.10 bits per heavy atom. The van der Waals surface area contributed by atoms with E-state index in [1.807, 2.05) is 0 Å². The molecular weight excluding hydrogens is 1570 g/mol. The summed E-state index contributed by atoms with van der Waals surface area (Å²) in [4.78, 5) is 210. The van der Waals surface area contributed by atoms with Gasteiger partial charge in [0.05, 0.1) is 31.0 Å². The van der Waals surface area contributed by atoms with Crippen molar-refractivity contribution < 1.29 is 124 Å². The highest BCUT2D eigenvalue weighted by Gasteiger charge is 2.31. The van der Waals surface area contributed by atoms with Crippen molar-refractivity contribution >= 4 is 144 Å². The van der Waals surface area contributed by atoms with E-state index in [1.165, 1.54) is 6.92 Å². The molecule has 0 aliphatic carbocycles. The molecule has 0 heterocycles. The molecule has 2 rings (SSSR count). The summed E-state index contributed by atoms with van der Waals surface area (Å²) >= 11 is 0. The van der Waals surface area contributed by atoms with Crippen molar-refractivity contribution in [3.8, 4) is 0 Å². The number of ether oxygens (including phenoxy) is 6. The normalized spacial score (nSPS) is 12.3. The molecule has 0 bridgehead atoms. The van der Waals surface area contributed by atoms with E-state index in [1.54, 1.807) is 125 Å². The third-order valence-corrected chi connectivity index (χ3v) is 15.4. The number of hydrogen-bond acceptors (Lipinski definition) is 26. The van der Waals surface area contributed by atoms with E-state index in [0.717, 1.165) is 12.4 Å². The number of esters is 4. The minimum atomic E-state index is -1.19. The highest BCUT2D eigenvalue weighted by molar-refractivity contribution is 6.27. The number of primary amides is 2. The van der Waals surface area contributed by atoms with Crippen LogP contribution in [-0.4, -0.2) is 233 Å². The number of carbonyl (C=O) groups is 17. The number of rotatable bonds is 49. The maximum absolute atomic E-state index is 13.2. The summed E-state index contributed by atoms with van der Waals surface area (Å²) in [5, 5.41) is 22.9. The number of anilines is 2. The van der Waals surface area contributed by atoms with Gasteiger partial charge in [0.2, 0.25) is 52.7 Å². The Bertz CT molecular complexity index is 3930. The summed E-state index contributed by atoms with van der Waals surface area (Å²) in [6, 6.07) is 3.61. The van der Waals surface area contributed by atoms with E-state index < -0.39 is 150 Å². The maximum Gasteiger partial charge on any atom is 0.408 e. The molecule has 0 fully saturated rings. The van der Waals surface area contributed by atoms with Crippen molar-refractivity contribution in [3.63, 3.8) is 0 Å². The van der Waals surface area contributed by atoms with Crippen LogP contribution in [0.3, 0.4) is 0 Å². The lowest BCUT2D eigenvalue weighted by Crippen LogP contribution is -2.54. The molecule has 120 heavy (non-hydrogen) atoms. The second-order valence-electron chi connectivity index (χ2n) is 27.6. The molecule has 2 aromatic carbocycles. The first-order valence-corrected chi connectivity index (χ1v) is 38.0. The predicted molar refractivity (Wildman–Crippen MR) is 435 cm³/mol. The molecule has 19 N–H and O–H groups in total. The van der Waals surface area contributed by atoms with Gasteiger partial charge in [-0.05, 0) is 147 Å². The van der Waals surface area contributed by atoms with Crippen LogP contribution >= 0.6 is 0 Å². The first-order valence-electron chi connectivity index (χ1n) is 38.0. The highest BCUT2D eigenvalue weighted by Crippen LogP contribution is 2.17. The van der Waals surface area contributed by atoms with Crippen molar-refractivity contribution in [3.05, 3.63) is 76.3 Å². The summed E-state index contributed by atoms with van der Waals surface area (Å²) in [6.45, 7) is 23.4. The molecule has 0 saturated heterocycles.